The number of nitrogens with zero attached hydrogens (tertiary/aromatic N) is 1. The van der Waals surface area contributed by atoms with Crippen molar-refractivity contribution in [2.24, 2.45) is 0 Å². The van der Waals surface area contributed by atoms with E-state index in [0.29, 0.717) is 26.1 Å². The Labute approximate surface area is 260 Å². The van der Waals surface area contributed by atoms with E-state index in [1.165, 1.54) is 18.2 Å². The number of anilines is 1. The molecule has 0 heterocycles. The minimum Gasteiger partial charge on any atom is -0.497 e. The lowest BCUT2D eigenvalue weighted by molar-refractivity contribution is 0.0755. The first kappa shape index (κ1) is 34.6. The van der Waals surface area contributed by atoms with Crippen molar-refractivity contribution in [1.82, 2.24) is 15.5 Å². The van der Waals surface area contributed by atoms with E-state index in [0.717, 1.165) is 36.0 Å². The zero-order valence-corrected chi connectivity index (χ0v) is 26.7. The average Bonchev–Trinajstić information content (AvgIpc) is 2.99. The number of aliphatic hydroxyl groups excluding tert-OH is 1. The number of sulfonamides is 1. The molecule has 0 spiro atoms. The number of aliphatic hydroxyl groups is 1. The molecule has 0 unspecified atom stereocenters. The fourth-order valence-electron chi connectivity index (χ4n) is 4.88. The summed E-state index contributed by atoms with van der Waals surface area (Å²) >= 11 is 0. The number of hydrogen-bond donors (Lipinski definition) is 4. The highest BCUT2D eigenvalue weighted by Crippen LogP contribution is 2.20. The molecule has 3 aromatic carbocycles. The van der Waals surface area contributed by atoms with Crippen molar-refractivity contribution < 1.29 is 27.9 Å². The van der Waals surface area contributed by atoms with Gasteiger partial charge in [0.15, 0.2) is 0 Å². The molecule has 0 aliphatic carbocycles. The molecule has 0 aliphatic heterocycles. The Morgan fingerprint density at radius 1 is 0.909 bits per heavy atom. The lowest BCUT2D eigenvalue weighted by Crippen LogP contribution is -2.48. The molecule has 0 aromatic heterocycles. The number of carbonyl (C=O) groups excluding carboxylic acids is 2. The van der Waals surface area contributed by atoms with Crippen LogP contribution in [0.15, 0.2) is 72.8 Å². The summed E-state index contributed by atoms with van der Waals surface area (Å²) in [4.78, 5) is 28.8. The average molecular weight is 625 g/mol. The van der Waals surface area contributed by atoms with Crippen molar-refractivity contribution in [3.8, 4) is 5.75 Å². The maximum Gasteiger partial charge on any atom is 0.253 e. The summed E-state index contributed by atoms with van der Waals surface area (Å²) in [5, 5.41) is 17.4. The van der Waals surface area contributed by atoms with Crippen LogP contribution in [0.25, 0.3) is 0 Å². The van der Waals surface area contributed by atoms with E-state index in [1.807, 2.05) is 68.4 Å². The zero-order chi connectivity index (χ0) is 32.1. The number of amides is 2. The van der Waals surface area contributed by atoms with Gasteiger partial charge in [-0.1, -0.05) is 56.3 Å². The van der Waals surface area contributed by atoms with Crippen LogP contribution in [-0.2, 0) is 23.0 Å². The second kappa shape index (κ2) is 16.8. The van der Waals surface area contributed by atoms with Gasteiger partial charge in [0, 0.05) is 37.3 Å². The van der Waals surface area contributed by atoms with Gasteiger partial charge >= 0.3 is 0 Å². The molecule has 11 heteroatoms. The van der Waals surface area contributed by atoms with Crippen LogP contribution in [0.1, 0.15) is 58.5 Å². The molecule has 238 valence electrons. The van der Waals surface area contributed by atoms with Crippen LogP contribution in [0.5, 0.6) is 5.75 Å². The predicted octanol–water partition coefficient (Wildman–Crippen LogP) is 3.82. The fourth-order valence-corrected chi connectivity index (χ4v) is 5.43. The summed E-state index contributed by atoms with van der Waals surface area (Å²) in [6, 6.07) is 20.7. The Kier molecular flexibility index (Phi) is 13.2. The van der Waals surface area contributed by atoms with Gasteiger partial charge in [-0.2, -0.15) is 0 Å². The maximum atomic E-state index is 13.7. The molecule has 2 amide bonds. The van der Waals surface area contributed by atoms with Crippen molar-refractivity contribution in [3.63, 3.8) is 0 Å². The molecule has 0 fully saturated rings. The summed E-state index contributed by atoms with van der Waals surface area (Å²) in [6.45, 7) is 5.69. The Morgan fingerprint density at radius 2 is 1.57 bits per heavy atom. The van der Waals surface area contributed by atoms with E-state index in [9.17, 15) is 23.1 Å². The van der Waals surface area contributed by atoms with Crippen LogP contribution < -0.4 is 20.1 Å². The number of nitrogens with one attached hydrogen (secondary N) is 3. The van der Waals surface area contributed by atoms with Crippen LogP contribution in [0, 0.1) is 0 Å². The van der Waals surface area contributed by atoms with Crippen molar-refractivity contribution >= 4 is 27.5 Å². The normalized spacial score (nSPS) is 12.7. The number of rotatable bonds is 17. The van der Waals surface area contributed by atoms with E-state index in [4.69, 9.17) is 4.74 Å². The Bertz CT molecular complexity index is 1480. The fraction of sp³-hybridized carbons (Fsp3) is 0.394. The molecule has 0 aliphatic rings. The van der Waals surface area contributed by atoms with Crippen LogP contribution in [0.3, 0.4) is 0 Å². The summed E-state index contributed by atoms with van der Waals surface area (Å²) in [7, 11) is -2.08. The second-order valence-electron chi connectivity index (χ2n) is 10.8. The van der Waals surface area contributed by atoms with Crippen LogP contribution in [-0.4, -0.2) is 75.4 Å². The summed E-state index contributed by atoms with van der Waals surface area (Å²) in [6.07, 6.45) is 1.90. The van der Waals surface area contributed by atoms with Gasteiger partial charge in [-0.05, 0) is 60.7 Å². The Balaban J connectivity index is 1.86. The molecule has 3 rings (SSSR count). The second-order valence-corrected chi connectivity index (χ2v) is 12.5. The third-order valence-electron chi connectivity index (χ3n) is 6.92. The zero-order valence-electron chi connectivity index (χ0n) is 25.9. The van der Waals surface area contributed by atoms with Crippen LogP contribution in [0.2, 0.25) is 0 Å². The highest BCUT2D eigenvalue weighted by Gasteiger charge is 2.24. The van der Waals surface area contributed by atoms with Crippen molar-refractivity contribution in [2.75, 3.05) is 37.7 Å². The first-order chi connectivity index (χ1) is 21.0. The highest BCUT2D eigenvalue weighted by atomic mass is 32.2. The third kappa shape index (κ3) is 11.0. The monoisotopic (exact) mass is 624 g/mol. The molecule has 0 saturated carbocycles. The van der Waals surface area contributed by atoms with Gasteiger partial charge in [0.2, 0.25) is 10.0 Å². The van der Waals surface area contributed by atoms with Gasteiger partial charge in [-0.25, -0.2) is 8.42 Å². The number of benzene rings is 3. The number of hydrogen-bond acceptors (Lipinski definition) is 7. The topological polar surface area (TPSA) is 137 Å². The molecule has 2 atom stereocenters. The summed E-state index contributed by atoms with van der Waals surface area (Å²) < 4.78 is 31.8. The molecule has 10 nitrogen and oxygen atoms in total. The van der Waals surface area contributed by atoms with Crippen molar-refractivity contribution in [2.45, 2.75) is 51.8 Å². The molecule has 4 N–H and O–H groups in total. The Morgan fingerprint density at radius 3 is 2.20 bits per heavy atom. The number of carbonyl (C=O) groups is 2. The molecular formula is C33H44N4O6S. The summed E-state index contributed by atoms with van der Waals surface area (Å²) in [5.41, 5.74) is 2.31. The number of methoxy groups -OCH3 is 1. The van der Waals surface area contributed by atoms with Gasteiger partial charge in [-0.15, -0.1) is 0 Å². The van der Waals surface area contributed by atoms with E-state index in [1.54, 1.807) is 12.0 Å². The highest BCUT2D eigenvalue weighted by molar-refractivity contribution is 7.92. The summed E-state index contributed by atoms with van der Waals surface area (Å²) in [5.74, 6) is -0.0963. The minimum atomic E-state index is -3.68. The van der Waals surface area contributed by atoms with Gasteiger partial charge in [0.1, 0.15) is 5.75 Å². The van der Waals surface area contributed by atoms with Crippen LogP contribution >= 0.6 is 0 Å². The molecule has 0 radical (unpaired) electrons. The van der Waals surface area contributed by atoms with E-state index in [2.05, 4.69) is 15.4 Å². The predicted molar refractivity (Wildman–Crippen MR) is 174 cm³/mol. The minimum absolute atomic E-state index is 0.101. The standard InChI is InChI=1S/C33H44N4O6S/c1-5-15-37(16-6-2)33(40)27-19-26(20-28(21-27)36-44(4,41)42)32(39)35-30(18-24-11-8-7-9-12-24)31(38)23-34-22-25-13-10-14-29(17-25)43-3/h7-14,17,19-21,30-31,34,36,38H,5-6,15-16,18,22-23H2,1-4H3,(H,35,39)/t30-,31+/m0/s1. The van der Waals surface area contributed by atoms with Crippen LogP contribution in [0.4, 0.5) is 5.69 Å². The lowest BCUT2D eigenvalue weighted by Gasteiger charge is -2.25. The molecule has 0 saturated heterocycles. The van der Waals surface area contributed by atoms with Gasteiger partial charge in [0.05, 0.1) is 31.2 Å². The SMILES string of the molecule is CCCN(CCC)C(=O)c1cc(NS(C)(=O)=O)cc(C(=O)N[C@@H](Cc2ccccc2)[C@H](O)CNCc2cccc(OC)c2)c1. The molecular weight excluding hydrogens is 580 g/mol. The smallest absolute Gasteiger partial charge is 0.253 e. The van der Waals surface area contributed by atoms with Gasteiger partial charge in [-0.3, -0.25) is 14.3 Å². The molecule has 3 aromatic rings. The largest absolute Gasteiger partial charge is 0.497 e. The van der Waals surface area contributed by atoms with E-state index in [-0.39, 0.29) is 29.3 Å². The van der Waals surface area contributed by atoms with Crippen molar-refractivity contribution in [3.05, 3.63) is 95.1 Å². The quantitative estimate of drug-likeness (QED) is 0.179. The van der Waals surface area contributed by atoms with Crippen molar-refractivity contribution in [1.29, 1.82) is 0 Å². The number of ether oxygens (including phenoxy) is 1. The van der Waals surface area contributed by atoms with E-state index >= 15 is 0 Å². The lowest BCUT2D eigenvalue weighted by atomic mass is 10.00. The van der Waals surface area contributed by atoms with Gasteiger partial charge in [0.25, 0.3) is 11.8 Å². The molecule has 0 bridgehead atoms. The van der Waals surface area contributed by atoms with E-state index < -0.39 is 28.1 Å². The Hall–Kier alpha value is -3.93. The maximum absolute atomic E-state index is 13.7. The first-order valence-corrected chi connectivity index (χ1v) is 16.7. The molecule has 44 heavy (non-hydrogen) atoms. The first-order valence-electron chi connectivity index (χ1n) is 14.8. The van der Waals surface area contributed by atoms with Gasteiger partial charge < -0.3 is 25.4 Å². The third-order valence-corrected chi connectivity index (χ3v) is 7.52.